The number of benzene rings is 1. The highest BCUT2D eigenvalue weighted by molar-refractivity contribution is 5.89. The second-order valence-electron chi connectivity index (χ2n) is 7.24. The summed E-state index contributed by atoms with van der Waals surface area (Å²) < 4.78 is 16.6. The molecule has 3 fully saturated rings. The van der Waals surface area contributed by atoms with E-state index < -0.39 is 11.9 Å². The molecule has 0 unspecified atom stereocenters. The van der Waals surface area contributed by atoms with Crippen LogP contribution in [0.3, 0.4) is 0 Å². The summed E-state index contributed by atoms with van der Waals surface area (Å²) in [5.74, 6) is -0.680. The number of anilines is 1. The molecule has 172 valence electrons. The SMILES string of the molecule is COc1ccc(-c2nnc(N3CCN4CCC3CC4)o2)cc1OC.O=C(O)/C=C/C(=O)O. The van der Waals surface area contributed by atoms with Gasteiger partial charge >= 0.3 is 18.0 Å². The minimum Gasteiger partial charge on any atom is -0.493 e. The van der Waals surface area contributed by atoms with Crippen molar-refractivity contribution in [3.63, 3.8) is 0 Å². The van der Waals surface area contributed by atoms with Crippen LogP contribution in [0.1, 0.15) is 12.8 Å². The number of methoxy groups -OCH3 is 2. The van der Waals surface area contributed by atoms with Crippen molar-refractivity contribution in [3.8, 4) is 23.0 Å². The fourth-order valence-corrected chi connectivity index (χ4v) is 3.70. The van der Waals surface area contributed by atoms with E-state index in [2.05, 4.69) is 20.0 Å². The smallest absolute Gasteiger partial charge is 0.328 e. The van der Waals surface area contributed by atoms with Gasteiger partial charge in [0.1, 0.15) is 0 Å². The van der Waals surface area contributed by atoms with Crippen molar-refractivity contribution in [1.29, 1.82) is 0 Å². The van der Waals surface area contributed by atoms with Gasteiger partial charge in [-0.25, -0.2) is 9.59 Å². The van der Waals surface area contributed by atoms with Crippen LogP contribution in [-0.4, -0.2) is 83.7 Å². The van der Waals surface area contributed by atoms with Crippen molar-refractivity contribution in [2.24, 2.45) is 0 Å². The molecule has 3 aliphatic heterocycles. The summed E-state index contributed by atoms with van der Waals surface area (Å²) >= 11 is 0. The molecule has 2 aromatic rings. The Morgan fingerprint density at radius 2 is 1.66 bits per heavy atom. The van der Waals surface area contributed by atoms with Gasteiger partial charge in [0.15, 0.2) is 11.5 Å². The van der Waals surface area contributed by atoms with Gasteiger partial charge in [-0.1, -0.05) is 5.10 Å². The first-order valence-electron chi connectivity index (χ1n) is 10.1. The Morgan fingerprint density at radius 3 is 2.25 bits per heavy atom. The Labute approximate surface area is 184 Å². The van der Waals surface area contributed by atoms with E-state index in [1.54, 1.807) is 14.2 Å². The highest BCUT2D eigenvalue weighted by atomic mass is 16.5. The number of ether oxygens (including phenoxy) is 2. The molecular formula is C21H26N4O7. The highest BCUT2D eigenvalue weighted by Gasteiger charge is 2.32. The maximum absolute atomic E-state index is 9.55. The third-order valence-electron chi connectivity index (χ3n) is 5.31. The molecule has 0 atom stereocenters. The van der Waals surface area contributed by atoms with E-state index in [1.165, 1.54) is 0 Å². The van der Waals surface area contributed by atoms with E-state index in [1.807, 2.05) is 18.2 Å². The summed E-state index contributed by atoms with van der Waals surface area (Å²) in [6, 6.07) is 6.73. The van der Waals surface area contributed by atoms with Gasteiger partial charge in [0, 0.05) is 49.9 Å². The van der Waals surface area contributed by atoms with E-state index in [-0.39, 0.29) is 0 Å². The summed E-state index contributed by atoms with van der Waals surface area (Å²) in [5.41, 5.74) is 0.828. The molecule has 2 bridgehead atoms. The normalized spacial score (nSPS) is 19.8. The summed E-state index contributed by atoms with van der Waals surface area (Å²) in [6.07, 6.45) is 3.44. The number of hydrogen-bond donors (Lipinski definition) is 2. The van der Waals surface area contributed by atoms with E-state index in [9.17, 15) is 9.59 Å². The standard InChI is InChI=1S/C17H22N4O3.C4H4O4/c1-22-14-4-3-12(11-15(14)23-2)16-18-19-17(24-16)21-10-9-20-7-5-13(21)6-8-20;5-3(6)1-2-4(7)8/h3-4,11,13H,5-10H2,1-2H3;1-2H,(H,5,6)(H,7,8)/b;2-1+. The van der Waals surface area contributed by atoms with Crippen molar-refractivity contribution in [1.82, 2.24) is 15.1 Å². The summed E-state index contributed by atoms with van der Waals surface area (Å²) in [7, 11) is 3.23. The Bertz CT molecular complexity index is 951. The fraction of sp³-hybridized carbons (Fsp3) is 0.429. The average Bonchev–Trinajstić information content (AvgIpc) is 3.09. The number of carboxylic acid groups (broad SMARTS) is 2. The molecule has 1 aromatic carbocycles. The zero-order valence-corrected chi connectivity index (χ0v) is 17.9. The van der Waals surface area contributed by atoms with Gasteiger partial charge in [0.2, 0.25) is 5.89 Å². The molecule has 0 aliphatic carbocycles. The van der Waals surface area contributed by atoms with Crippen molar-refractivity contribution in [2.45, 2.75) is 18.9 Å². The lowest BCUT2D eigenvalue weighted by Gasteiger charge is -2.29. The van der Waals surface area contributed by atoms with Gasteiger partial charge < -0.3 is 33.9 Å². The molecule has 3 aliphatic rings. The quantitative estimate of drug-likeness (QED) is 0.627. The van der Waals surface area contributed by atoms with Crippen molar-refractivity contribution < 1.29 is 33.7 Å². The molecular weight excluding hydrogens is 420 g/mol. The Kier molecular flexibility index (Phi) is 7.66. The first kappa shape index (κ1) is 23.1. The van der Waals surface area contributed by atoms with Crippen LogP contribution in [0.2, 0.25) is 0 Å². The minimum absolute atomic E-state index is 0.502. The molecule has 1 aromatic heterocycles. The largest absolute Gasteiger partial charge is 0.493 e. The molecule has 2 N–H and O–H groups in total. The van der Waals surface area contributed by atoms with Gasteiger partial charge in [0.05, 0.1) is 14.2 Å². The second kappa shape index (κ2) is 10.6. The van der Waals surface area contributed by atoms with E-state index >= 15 is 0 Å². The predicted molar refractivity (Wildman–Crippen MR) is 114 cm³/mol. The first-order chi connectivity index (χ1) is 15.4. The van der Waals surface area contributed by atoms with Gasteiger partial charge in [-0.3, -0.25) is 0 Å². The summed E-state index contributed by atoms with van der Waals surface area (Å²) in [6.45, 7) is 4.33. The van der Waals surface area contributed by atoms with Crippen LogP contribution in [-0.2, 0) is 9.59 Å². The van der Waals surface area contributed by atoms with E-state index in [4.69, 9.17) is 24.1 Å². The number of carbonyl (C=O) groups is 2. The number of piperidine rings is 1. The maximum Gasteiger partial charge on any atom is 0.328 e. The first-order valence-corrected chi connectivity index (χ1v) is 10.1. The van der Waals surface area contributed by atoms with Crippen LogP contribution in [0.25, 0.3) is 11.5 Å². The van der Waals surface area contributed by atoms with Crippen LogP contribution in [0.4, 0.5) is 6.01 Å². The predicted octanol–water partition coefficient (Wildman–Crippen LogP) is 1.75. The molecule has 5 rings (SSSR count). The van der Waals surface area contributed by atoms with Gasteiger partial charge in [0.25, 0.3) is 0 Å². The van der Waals surface area contributed by atoms with Gasteiger partial charge in [-0.15, -0.1) is 5.10 Å². The number of aliphatic carboxylic acids is 2. The monoisotopic (exact) mass is 446 g/mol. The lowest BCUT2D eigenvalue weighted by molar-refractivity contribution is -0.134. The molecule has 11 heteroatoms. The average molecular weight is 446 g/mol. The summed E-state index contributed by atoms with van der Waals surface area (Å²) in [4.78, 5) is 23.9. The molecule has 0 radical (unpaired) electrons. The molecule has 11 nitrogen and oxygen atoms in total. The molecule has 0 amide bonds. The third kappa shape index (κ3) is 5.76. The molecule has 3 saturated heterocycles. The molecule has 0 saturated carbocycles. The van der Waals surface area contributed by atoms with Gasteiger partial charge in [-0.2, -0.15) is 0 Å². The van der Waals surface area contributed by atoms with E-state index in [0.29, 0.717) is 41.6 Å². The number of carboxylic acids is 2. The third-order valence-corrected chi connectivity index (χ3v) is 5.31. The number of fused-ring (bicyclic) bond motifs is 4. The van der Waals surface area contributed by atoms with Crippen LogP contribution in [0.5, 0.6) is 11.5 Å². The number of rotatable bonds is 6. The Balaban J connectivity index is 0.000000312. The zero-order chi connectivity index (χ0) is 23.1. The van der Waals surface area contributed by atoms with Crippen LogP contribution in [0, 0.1) is 0 Å². The van der Waals surface area contributed by atoms with Crippen LogP contribution in [0.15, 0.2) is 34.8 Å². The van der Waals surface area contributed by atoms with Crippen molar-refractivity contribution in [2.75, 3.05) is 45.3 Å². The molecule has 32 heavy (non-hydrogen) atoms. The minimum atomic E-state index is -1.26. The van der Waals surface area contributed by atoms with Gasteiger partial charge in [-0.05, 0) is 31.0 Å². The zero-order valence-electron chi connectivity index (χ0n) is 17.9. The topological polar surface area (TPSA) is 138 Å². The number of hydrogen-bond acceptors (Lipinski definition) is 9. The number of aromatic nitrogens is 2. The summed E-state index contributed by atoms with van der Waals surface area (Å²) in [5, 5.41) is 24.2. The number of nitrogens with zero attached hydrogens (tertiary/aromatic N) is 4. The van der Waals surface area contributed by atoms with E-state index in [0.717, 1.165) is 44.6 Å². The van der Waals surface area contributed by atoms with Crippen LogP contribution >= 0.6 is 0 Å². The van der Waals surface area contributed by atoms with Crippen molar-refractivity contribution >= 4 is 18.0 Å². The maximum atomic E-state index is 9.55. The fourth-order valence-electron chi connectivity index (χ4n) is 3.70. The lowest BCUT2D eigenvalue weighted by atomic mass is 10.1. The Morgan fingerprint density at radius 1 is 1.00 bits per heavy atom. The Hall–Kier alpha value is -3.60. The molecule has 0 spiro atoms. The van der Waals surface area contributed by atoms with Crippen molar-refractivity contribution in [3.05, 3.63) is 30.4 Å². The van der Waals surface area contributed by atoms with Crippen LogP contribution < -0.4 is 14.4 Å². The highest BCUT2D eigenvalue weighted by Crippen LogP contribution is 2.33. The lowest BCUT2D eigenvalue weighted by Crippen LogP contribution is -2.38. The molecule has 4 heterocycles. The second-order valence-corrected chi connectivity index (χ2v) is 7.24.